The van der Waals surface area contributed by atoms with Gasteiger partial charge in [0.25, 0.3) is 5.91 Å². The van der Waals surface area contributed by atoms with E-state index >= 15 is 0 Å². The Hall–Kier alpha value is -2.09. The topological polar surface area (TPSA) is 59.1 Å². The SMILES string of the molecule is O=C(CCCCCNC(=O)c1ccc2ccccc2n1)SCC(F)(F)F. The number of para-hydroxylation sites is 1. The quantitative estimate of drug-likeness (QED) is 0.688. The van der Waals surface area contributed by atoms with Crippen molar-refractivity contribution < 1.29 is 22.8 Å². The molecule has 0 aliphatic carbocycles. The minimum absolute atomic E-state index is 0.112. The van der Waals surface area contributed by atoms with Gasteiger partial charge in [-0.05, 0) is 25.0 Å². The number of nitrogens with one attached hydrogen (secondary N) is 1. The number of fused-ring (bicyclic) bond motifs is 1. The van der Waals surface area contributed by atoms with Crippen molar-refractivity contribution in [1.82, 2.24) is 10.3 Å². The molecular formula is C18H19F3N2O2S. The number of halogens is 3. The van der Waals surface area contributed by atoms with Crippen molar-refractivity contribution in [2.45, 2.75) is 31.9 Å². The van der Waals surface area contributed by atoms with E-state index in [9.17, 15) is 22.8 Å². The second-order valence-electron chi connectivity index (χ2n) is 5.73. The molecule has 0 bridgehead atoms. The first-order valence-corrected chi connectivity index (χ1v) is 9.20. The van der Waals surface area contributed by atoms with Gasteiger partial charge in [0.15, 0.2) is 5.12 Å². The monoisotopic (exact) mass is 384 g/mol. The molecule has 0 saturated heterocycles. The molecule has 1 amide bonds. The smallest absolute Gasteiger partial charge is 0.351 e. The molecule has 0 aliphatic heterocycles. The lowest BCUT2D eigenvalue weighted by Crippen LogP contribution is -2.25. The summed E-state index contributed by atoms with van der Waals surface area (Å²) >= 11 is 0.308. The molecule has 4 nitrogen and oxygen atoms in total. The molecule has 1 N–H and O–H groups in total. The zero-order chi connectivity index (χ0) is 19.0. The normalized spacial score (nSPS) is 11.5. The Morgan fingerprint density at radius 3 is 2.58 bits per heavy atom. The van der Waals surface area contributed by atoms with Gasteiger partial charge in [0.1, 0.15) is 5.69 Å². The summed E-state index contributed by atoms with van der Waals surface area (Å²) in [6.45, 7) is 0.428. The van der Waals surface area contributed by atoms with E-state index in [2.05, 4.69) is 10.3 Å². The van der Waals surface area contributed by atoms with Crippen molar-refractivity contribution in [2.24, 2.45) is 0 Å². The molecular weight excluding hydrogens is 365 g/mol. The molecule has 0 aliphatic rings. The second kappa shape index (κ2) is 9.56. The van der Waals surface area contributed by atoms with Crippen molar-refractivity contribution in [3.63, 3.8) is 0 Å². The lowest BCUT2D eigenvalue weighted by molar-refractivity contribution is -0.113. The minimum atomic E-state index is -4.32. The lowest BCUT2D eigenvalue weighted by Gasteiger charge is -2.06. The number of unbranched alkanes of at least 4 members (excludes halogenated alkanes) is 2. The largest absolute Gasteiger partial charge is 0.398 e. The number of benzene rings is 1. The molecule has 0 atom stereocenters. The molecule has 0 fully saturated rings. The maximum Gasteiger partial charge on any atom is 0.398 e. The molecule has 1 aromatic carbocycles. The van der Waals surface area contributed by atoms with Crippen LogP contribution >= 0.6 is 11.8 Å². The summed E-state index contributed by atoms with van der Waals surface area (Å²) in [6, 6.07) is 11.0. The van der Waals surface area contributed by atoms with Crippen LogP contribution in [-0.2, 0) is 4.79 Å². The van der Waals surface area contributed by atoms with Crippen molar-refractivity contribution in [3.05, 3.63) is 42.1 Å². The van der Waals surface area contributed by atoms with Crippen LogP contribution in [0.4, 0.5) is 13.2 Å². The Morgan fingerprint density at radius 1 is 1.04 bits per heavy atom. The fourth-order valence-electron chi connectivity index (χ4n) is 2.29. The van der Waals surface area contributed by atoms with Crippen LogP contribution < -0.4 is 5.32 Å². The van der Waals surface area contributed by atoms with Crippen LogP contribution in [0.5, 0.6) is 0 Å². The molecule has 8 heteroatoms. The van der Waals surface area contributed by atoms with Gasteiger partial charge in [-0.25, -0.2) is 4.98 Å². The number of carbonyl (C=O) groups excluding carboxylic acids is 2. The Bertz CT molecular complexity index is 765. The van der Waals surface area contributed by atoms with E-state index in [0.29, 0.717) is 43.3 Å². The van der Waals surface area contributed by atoms with Gasteiger partial charge >= 0.3 is 6.18 Å². The number of hydrogen-bond acceptors (Lipinski definition) is 4. The number of nitrogens with zero attached hydrogens (tertiary/aromatic N) is 1. The average molecular weight is 384 g/mol. The predicted octanol–water partition coefficient (Wildman–Crippen LogP) is 4.35. The van der Waals surface area contributed by atoms with Gasteiger partial charge in [0, 0.05) is 18.4 Å². The van der Waals surface area contributed by atoms with Crippen LogP contribution in [0.1, 0.15) is 36.2 Å². The molecule has 26 heavy (non-hydrogen) atoms. The number of hydrogen-bond donors (Lipinski definition) is 1. The average Bonchev–Trinajstić information content (AvgIpc) is 2.61. The number of aromatic nitrogens is 1. The first kappa shape index (κ1) is 20.2. The number of carbonyl (C=O) groups is 2. The third-order valence-corrected chi connectivity index (χ3v) is 4.57. The lowest BCUT2D eigenvalue weighted by atomic mass is 10.2. The zero-order valence-electron chi connectivity index (χ0n) is 14.0. The molecule has 0 spiro atoms. The van der Waals surface area contributed by atoms with Crippen molar-refractivity contribution in [3.8, 4) is 0 Å². The fraction of sp³-hybridized carbons (Fsp3) is 0.389. The number of alkyl halides is 3. The van der Waals surface area contributed by atoms with E-state index in [0.717, 1.165) is 10.9 Å². The third-order valence-electron chi connectivity index (χ3n) is 3.57. The summed E-state index contributed by atoms with van der Waals surface area (Å²) in [5.74, 6) is -1.41. The second-order valence-corrected chi connectivity index (χ2v) is 6.76. The van der Waals surface area contributed by atoms with E-state index in [1.807, 2.05) is 30.3 Å². The molecule has 2 rings (SSSR count). The first-order chi connectivity index (χ1) is 12.3. The van der Waals surface area contributed by atoms with Gasteiger partial charge in [0.2, 0.25) is 0 Å². The fourth-order valence-corrected chi connectivity index (χ4v) is 2.90. The van der Waals surface area contributed by atoms with Crippen LogP contribution in [0.25, 0.3) is 10.9 Å². The summed E-state index contributed by atoms with van der Waals surface area (Å²) in [5.41, 5.74) is 1.08. The van der Waals surface area contributed by atoms with Crippen LogP contribution in [0, 0.1) is 0 Å². The van der Waals surface area contributed by atoms with E-state index in [4.69, 9.17) is 0 Å². The maximum absolute atomic E-state index is 12.1. The summed E-state index contributed by atoms with van der Waals surface area (Å²) in [6.07, 6.45) is -2.39. The van der Waals surface area contributed by atoms with Crippen LogP contribution in [0.3, 0.4) is 0 Å². The van der Waals surface area contributed by atoms with Crippen molar-refractivity contribution in [1.29, 1.82) is 0 Å². The summed E-state index contributed by atoms with van der Waals surface area (Å²) < 4.78 is 36.0. The van der Waals surface area contributed by atoms with Gasteiger partial charge in [0.05, 0.1) is 11.3 Å². The number of rotatable bonds is 8. The van der Waals surface area contributed by atoms with Crippen LogP contribution in [0.2, 0.25) is 0 Å². The zero-order valence-corrected chi connectivity index (χ0v) is 14.8. The number of pyridine rings is 1. The minimum Gasteiger partial charge on any atom is -0.351 e. The maximum atomic E-state index is 12.1. The Morgan fingerprint density at radius 2 is 1.81 bits per heavy atom. The number of thioether (sulfide) groups is 1. The van der Waals surface area contributed by atoms with E-state index in [1.165, 1.54) is 0 Å². The van der Waals surface area contributed by atoms with Gasteiger partial charge < -0.3 is 5.32 Å². The first-order valence-electron chi connectivity index (χ1n) is 8.21. The summed E-state index contributed by atoms with van der Waals surface area (Å²) in [5, 5.41) is 3.26. The van der Waals surface area contributed by atoms with Gasteiger partial charge in [-0.3, -0.25) is 9.59 Å². The highest BCUT2D eigenvalue weighted by atomic mass is 32.2. The Kier molecular flexibility index (Phi) is 7.44. The molecule has 140 valence electrons. The molecule has 0 radical (unpaired) electrons. The van der Waals surface area contributed by atoms with E-state index in [1.54, 1.807) is 6.07 Å². The molecule has 1 heterocycles. The third kappa shape index (κ3) is 7.03. The molecule has 0 saturated carbocycles. The molecule has 1 aromatic heterocycles. The highest BCUT2D eigenvalue weighted by Gasteiger charge is 2.28. The van der Waals surface area contributed by atoms with Gasteiger partial charge in [-0.2, -0.15) is 13.2 Å². The summed E-state index contributed by atoms with van der Waals surface area (Å²) in [7, 11) is 0. The Labute approximate surface area is 153 Å². The Balaban J connectivity index is 1.63. The van der Waals surface area contributed by atoms with Gasteiger partial charge in [-0.15, -0.1) is 0 Å². The predicted molar refractivity (Wildman–Crippen MR) is 96.1 cm³/mol. The van der Waals surface area contributed by atoms with Crippen LogP contribution in [0.15, 0.2) is 36.4 Å². The van der Waals surface area contributed by atoms with Crippen molar-refractivity contribution >= 4 is 33.7 Å². The van der Waals surface area contributed by atoms with Crippen LogP contribution in [-0.4, -0.2) is 34.5 Å². The number of amides is 1. The highest BCUT2D eigenvalue weighted by Crippen LogP contribution is 2.22. The molecule has 2 aromatic rings. The standard InChI is InChI=1S/C18H19F3N2O2S/c19-18(20,21)12-26-16(24)8-2-1-5-11-22-17(25)15-10-9-13-6-3-4-7-14(13)23-15/h3-4,6-7,9-10H,1-2,5,8,11-12H2,(H,22,25). The highest BCUT2D eigenvalue weighted by molar-refractivity contribution is 8.13. The van der Waals surface area contributed by atoms with Gasteiger partial charge in [-0.1, -0.05) is 42.4 Å². The molecule has 0 unspecified atom stereocenters. The van der Waals surface area contributed by atoms with Crippen molar-refractivity contribution in [2.75, 3.05) is 12.3 Å². The summed E-state index contributed by atoms with van der Waals surface area (Å²) in [4.78, 5) is 27.7. The van der Waals surface area contributed by atoms with E-state index in [-0.39, 0.29) is 12.3 Å². The van der Waals surface area contributed by atoms with E-state index < -0.39 is 17.0 Å².